The summed E-state index contributed by atoms with van der Waals surface area (Å²) in [6.07, 6.45) is 0. The molecule has 0 unspecified atom stereocenters. The van der Waals surface area contributed by atoms with E-state index in [0.29, 0.717) is 4.20 Å². The van der Waals surface area contributed by atoms with Gasteiger partial charge in [0, 0.05) is 0 Å². The lowest BCUT2D eigenvalue weighted by Crippen LogP contribution is -2.02. The SMILES string of the molecule is Cc1ccc(C(=S)SC(=O)CO)cc1. The van der Waals surface area contributed by atoms with Crippen LogP contribution in [0.3, 0.4) is 0 Å². The molecule has 74 valence electrons. The van der Waals surface area contributed by atoms with Crippen molar-refractivity contribution in [3.8, 4) is 0 Å². The molecule has 1 N–H and O–H groups in total. The Labute approximate surface area is 92.3 Å². The van der Waals surface area contributed by atoms with Crippen molar-refractivity contribution in [1.82, 2.24) is 0 Å². The highest BCUT2D eigenvalue weighted by Gasteiger charge is 2.07. The molecule has 4 heteroatoms. The maximum absolute atomic E-state index is 10.9. The van der Waals surface area contributed by atoms with Crippen molar-refractivity contribution < 1.29 is 9.90 Å². The number of hydrogen-bond acceptors (Lipinski definition) is 4. The van der Waals surface area contributed by atoms with Crippen LogP contribution in [0.1, 0.15) is 11.1 Å². The van der Waals surface area contributed by atoms with E-state index in [0.717, 1.165) is 22.9 Å². The summed E-state index contributed by atoms with van der Waals surface area (Å²) >= 11 is 5.94. The number of carbonyl (C=O) groups excluding carboxylic acids is 1. The molecule has 0 aliphatic heterocycles. The van der Waals surface area contributed by atoms with Crippen LogP contribution in [0.2, 0.25) is 0 Å². The van der Waals surface area contributed by atoms with E-state index in [9.17, 15) is 4.79 Å². The number of benzene rings is 1. The lowest BCUT2D eigenvalue weighted by Gasteiger charge is -2.01. The molecule has 2 nitrogen and oxygen atoms in total. The van der Waals surface area contributed by atoms with Gasteiger partial charge in [-0.1, -0.05) is 42.0 Å². The molecule has 0 amide bonds. The molecule has 1 rings (SSSR count). The zero-order chi connectivity index (χ0) is 10.6. The van der Waals surface area contributed by atoms with Gasteiger partial charge in [-0.3, -0.25) is 4.79 Å². The monoisotopic (exact) mass is 226 g/mol. The molecule has 0 aromatic heterocycles. The second kappa shape index (κ2) is 5.24. The van der Waals surface area contributed by atoms with Crippen molar-refractivity contribution in [2.45, 2.75) is 6.92 Å². The summed E-state index contributed by atoms with van der Waals surface area (Å²) in [5.74, 6) is 0. The van der Waals surface area contributed by atoms with Gasteiger partial charge in [0.1, 0.15) is 6.61 Å². The molecule has 0 bridgehead atoms. The Bertz CT molecular complexity index is 344. The third-order valence-electron chi connectivity index (χ3n) is 1.62. The lowest BCUT2D eigenvalue weighted by molar-refractivity contribution is -0.113. The van der Waals surface area contributed by atoms with Gasteiger partial charge in [-0.25, -0.2) is 0 Å². The van der Waals surface area contributed by atoms with Gasteiger partial charge in [0.2, 0.25) is 5.12 Å². The molecular weight excluding hydrogens is 216 g/mol. The van der Waals surface area contributed by atoms with Crippen LogP contribution in [-0.2, 0) is 4.79 Å². The van der Waals surface area contributed by atoms with Crippen molar-refractivity contribution in [2.75, 3.05) is 6.61 Å². The Morgan fingerprint density at radius 3 is 2.50 bits per heavy atom. The Kier molecular flexibility index (Phi) is 4.25. The quantitative estimate of drug-likeness (QED) is 0.782. The molecule has 0 heterocycles. The fourth-order valence-electron chi connectivity index (χ4n) is 0.884. The van der Waals surface area contributed by atoms with Crippen LogP contribution < -0.4 is 0 Å². The van der Waals surface area contributed by atoms with E-state index in [1.807, 2.05) is 31.2 Å². The summed E-state index contributed by atoms with van der Waals surface area (Å²) in [6.45, 7) is 1.51. The van der Waals surface area contributed by atoms with Crippen molar-refractivity contribution in [1.29, 1.82) is 0 Å². The molecule has 1 aromatic carbocycles. The van der Waals surface area contributed by atoms with Gasteiger partial charge in [-0.15, -0.1) is 0 Å². The molecule has 0 saturated heterocycles. The summed E-state index contributed by atoms with van der Waals surface area (Å²) in [4.78, 5) is 10.9. The van der Waals surface area contributed by atoms with Gasteiger partial charge in [-0.2, -0.15) is 0 Å². The summed E-state index contributed by atoms with van der Waals surface area (Å²) in [7, 11) is 0. The Morgan fingerprint density at radius 2 is 2.00 bits per heavy atom. The summed E-state index contributed by atoms with van der Waals surface area (Å²) in [5.41, 5.74) is 1.99. The fourth-order valence-corrected chi connectivity index (χ4v) is 1.82. The molecule has 0 saturated carbocycles. The molecule has 0 atom stereocenters. The Hall–Kier alpha value is -0.710. The highest BCUT2D eigenvalue weighted by molar-refractivity contribution is 8.33. The van der Waals surface area contributed by atoms with E-state index in [-0.39, 0.29) is 5.12 Å². The maximum atomic E-state index is 10.9. The first kappa shape index (κ1) is 11.4. The number of thioether (sulfide) groups is 1. The molecule has 0 radical (unpaired) electrons. The van der Waals surface area contributed by atoms with Gasteiger partial charge < -0.3 is 5.11 Å². The number of rotatable bonds is 2. The van der Waals surface area contributed by atoms with Gasteiger partial charge in [0.25, 0.3) is 0 Å². The fraction of sp³-hybridized carbons (Fsp3) is 0.200. The molecule has 1 aromatic rings. The summed E-state index contributed by atoms with van der Waals surface area (Å²) < 4.78 is 0.504. The number of hydrogen-bond donors (Lipinski definition) is 1. The van der Waals surface area contributed by atoms with E-state index < -0.39 is 6.61 Å². The van der Waals surface area contributed by atoms with E-state index in [2.05, 4.69) is 0 Å². The molecule has 0 spiro atoms. The van der Waals surface area contributed by atoms with Crippen LogP contribution >= 0.6 is 24.0 Å². The maximum Gasteiger partial charge on any atom is 0.219 e. The first-order chi connectivity index (χ1) is 6.63. The molecule has 0 aliphatic carbocycles. The van der Waals surface area contributed by atoms with E-state index >= 15 is 0 Å². The predicted molar refractivity (Wildman–Crippen MR) is 62.6 cm³/mol. The third kappa shape index (κ3) is 3.21. The van der Waals surface area contributed by atoms with Gasteiger partial charge in [0.15, 0.2) is 0 Å². The van der Waals surface area contributed by atoms with Crippen LogP contribution in [0.4, 0.5) is 0 Å². The van der Waals surface area contributed by atoms with E-state index in [1.165, 1.54) is 0 Å². The second-order valence-electron chi connectivity index (χ2n) is 2.79. The largest absolute Gasteiger partial charge is 0.388 e. The van der Waals surface area contributed by atoms with Crippen LogP contribution in [-0.4, -0.2) is 21.0 Å². The Morgan fingerprint density at radius 1 is 1.43 bits per heavy atom. The van der Waals surface area contributed by atoms with Crippen molar-refractivity contribution >= 4 is 33.3 Å². The normalized spacial score (nSPS) is 9.86. The van der Waals surface area contributed by atoms with Crippen LogP contribution in [0, 0.1) is 6.92 Å². The lowest BCUT2D eigenvalue weighted by atomic mass is 10.2. The highest BCUT2D eigenvalue weighted by Crippen LogP contribution is 2.15. The second-order valence-corrected chi connectivity index (χ2v) is 4.52. The number of carbonyl (C=O) groups is 1. The average Bonchev–Trinajstić information content (AvgIpc) is 2.18. The zero-order valence-electron chi connectivity index (χ0n) is 7.69. The minimum atomic E-state index is -0.476. The topological polar surface area (TPSA) is 37.3 Å². The van der Waals surface area contributed by atoms with Crippen molar-refractivity contribution in [2.24, 2.45) is 0 Å². The van der Waals surface area contributed by atoms with Crippen molar-refractivity contribution in [3.63, 3.8) is 0 Å². The van der Waals surface area contributed by atoms with Crippen LogP contribution in [0.25, 0.3) is 0 Å². The Balaban J connectivity index is 2.70. The number of aliphatic hydroxyl groups excluding tert-OH is 1. The zero-order valence-corrected chi connectivity index (χ0v) is 9.32. The first-order valence-corrected chi connectivity index (χ1v) is 5.28. The smallest absolute Gasteiger partial charge is 0.219 e. The molecule has 0 fully saturated rings. The summed E-state index contributed by atoms with van der Waals surface area (Å²) in [5, 5.41) is 8.22. The molecular formula is C10H10O2S2. The highest BCUT2D eigenvalue weighted by atomic mass is 32.2. The number of thiocarbonyl (C=S) groups is 1. The average molecular weight is 226 g/mol. The standard InChI is InChI=1S/C10H10O2S2/c1-7-2-4-8(5-3-7)10(13)14-9(12)6-11/h2-5,11H,6H2,1H3. The van der Waals surface area contributed by atoms with E-state index in [1.54, 1.807) is 0 Å². The third-order valence-corrected chi connectivity index (χ3v) is 2.89. The van der Waals surface area contributed by atoms with Crippen LogP contribution in [0.5, 0.6) is 0 Å². The molecule has 14 heavy (non-hydrogen) atoms. The van der Waals surface area contributed by atoms with Crippen molar-refractivity contribution in [3.05, 3.63) is 35.4 Å². The summed E-state index contributed by atoms with van der Waals surface area (Å²) in [6, 6.07) is 7.61. The first-order valence-electron chi connectivity index (χ1n) is 4.06. The van der Waals surface area contributed by atoms with Gasteiger partial charge >= 0.3 is 0 Å². The van der Waals surface area contributed by atoms with E-state index in [4.69, 9.17) is 17.3 Å². The van der Waals surface area contributed by atoms with Gasteiger partial charge in [-0.05, 0) is 24.2 Å². The number of aliphatic hydroxyl groups is 1. The predicted octanol–water partition coefficient (Wildman–Crippen LogP) is 1.92. The minimum absolute atomic E-state index is 0.324. The number of aryl methyl sites for hydroxylation is 1. The van der Waals surface area contributed by atoms with Gasteiger partial charge in [0.05, 0.1) is 4.20 Å². The minimum Gasteiger partial charge on any atom is -0.388 e. The van der Waals surface area contributed by atoms with Crippen LogP contribution in [0.15, 0.2) is 24.3 Å². The molecule has 0 aliphatic rings.